The molecule has 0 saturated heterocycles. The minimum absolute atomic E-state index is 0.0472. The number of halogens is 3. The molecule has 2 aromatic rings. The topological polar surface area (TPSA) is 117 Å². The van der Waals surface area contributed by atoms with Crippen molar-refractivity contribution in [2.75, 3.05) is 10.6 Å². The van der Waals surface area contributed by atoms with Crippen LogP contribution in [0.5, 0.6) is 0 Å². The second kappa shape index (κ2) is 8.02. The van der Waals surface area contributed by atoms with Gasteiger partial charge in [0.1, 0.15) is 17.7 Å². The fourth-order valence-corrected chi connectivity index (χ4v) is 3.26. The van der Waals surface area contributed by atoms with Gasteiger partial charge in [-0.25, -0.2) is 18.7 Å². The Balaban J connectivity index is 1.84. The van der Waals surface area contributed by atoms with E-state index in [1.165, 1.54) is 24.4 Å². The van der Waals surface area contributed by atoms with Gasteiger partial charge < -0.3 is 10.6 Å². The molecule has 0 aromatic carbocycles. The number of hydrogen-bond acceptors (Lipinski definition) is 7. The number of pyridine rings is 2. The molecule has 0 bridgehead atoms. The average Bonchev–Trinajstić information content (AvgIpc) is 2.66. The summed E-state index contributed by atoms with van der Waals surface area (Å²) in [6.07, 6.45) is 1.45. The highest BCUT2D eigenvalue weighted by Crippen LogP contribution is 2.37. The monoisotopic (exact) mass is 452 g/mol. The van der Waals surface area contributed by atoms with Crippen molar-refractivity contribution < 1.29 is 13.7 Å². The summed E-state index contributed by atoms with van der Waals surface area (Å²) in [4.78, 5) is 19.1. The van der Waals surface area contributed by atoms with E-state index in [2.05, 4.69) is 36.5 Å². The van der Waals surface area contributed by atoms with E-state index in [0.717, 1.165) is 0 Å². The van der Waals surface area contributed by atoms with Gasteiger partial charge in [-0.3, -0.25) is 10.1 Å². The van der Waals surface area contributed by atoms with Gasteiger partial charge in [0.25, 0.3) is 0 Å². The molecule has 0 spiro atoms. The third-order valence-electron chi connectivity index (χ3n) is 4.35. The molecule has 0 aliphatic heterocycles. The fraction of sp³-hybridized carbons (Fsp3) is 0.353. The molecule has 2 aromatic heterocycles. The van der Waals surface area contributed by atoms with Crippen molar-refractivity contribution in [2.24, 2.45) is 0 Å². The molecular formula is C17H15BrF2N6O2. The molecule has 0 atom stereocenters. The predicted octanol–water partition coefficient (Wildman–Crippen LogP) is 4.75. The molecule has 1 fully saturated rings. The number of aromatic nitrogens is 2. The van der Waals surface area contributed by atoms with Gasteiger partial charge in [-0.05, 0) is 40.9 Å². The van der Waals surface area contributed by atoms with E-state index < -0.39 is 10.8 Å². The summed E-state index contributed by atoms with van der Waals surface area (Å²) in [5.74, 6) is -2.10. The third kappa shape index (κ3) is 4.69. The number of nitro groups is 1. The molecule has 0 amide bonds. The van der Waals surface area contributed by atoms with Crippen molar-refractivity contribution in [3.63, 3.8) is 0 Å². The second-order valence-electron chi connectivity index (χ2n) is 6.39. The summed E-state index contributed by atoms with van der Waals surface area (Å²) in [5.41, 5.74) is 0.0685. The van der Waals surface area contributed by atoms with E-state index in [9.17, 15) is 18.9 Å². The molecule has 28 heavy (non-hydrogen) atoms. The molecule has 0 unspecified atom stereocenters. The average molecular weight is 453 g/mol. The van der Waals surface area contributed by atoms with Crippen molar-refractivity contribution in [3.05, 3.63) is 44.5 Å². The van der Waals surface area contributed by atoms with E-state index >= 15 is 0 Å². The smallest absolute Gasteiger partial charge is 0.313 e. The quantitative estimate of drug-likeness (QED) is 0.496. The molecule has 146 valence electrons. The Morgan fingerprint density at radius 3 is 2.61 bits per heavy atom. The highest BCUT2D eigenvalue weighted by Gasteiger charge is 2.35. The number of alkyl halides is 2. The van der Waals surface area contributed by atoms with Crippen LogP contribution in [0.4, 0.5) is 31.9 Å². The normalized spacial score (nSPS) is 16.2. The van der Waals surface area contributed by atoms with Crippen molar-refractivity contribution >= 4 is 39.1 Å². The van der Waals surface area contributed by atoms with Crippen LogP contribution in [0.25, 0.3) is 0 Å². The van der Waals surface area contributed by atoms with Gasteiger partial charge in [0, 0.05) is 31.1 Å². The minimum atomic E-state index is -2.65. The first-order valence-corrected chi connectivity index (χ1v) is 9.19. The number of nitriles is 1. The van der Waals surface area contributed by atoms with Crippen LogP contribution in [0.1, 0.15) is 31.2 Å². The zero-order valence-corrected chi connectivity index (χ0v) is 16.0. The number of nitrogens with one attached hydrogen (secondary N) is 2. The van der Waals surface area contributed by atoms with Gasteiger partial charge in [0.05, 0.1) is 15.0 Å². The lowest BCUT2D eigenvalue weighted by atomic mass is 9.92. The van der Waals surface area contributed by atoms with E-state index in [0.29, 0.717) is 15.9 Å². The summed E-state index contributed by atoms with van der Waals surface area (Å²) >= 11 is 3.25. The maximum absolute atomic E-state index is 13.3. The molecule has 2 N–H and O–H groups in total. The van der Waals surface area contributed by atoms with Gasteiger partial charge in [0.2, 0.25) is 11.7 Å². The van der Waals surface area contributed by atoms with E-state index in [1.54, 1.807) is 0 Å². The zero-order valence-electron chi connectivity index (χ0n) is 14.5. The summed E-state index contributed by atoms with van der Waals surface area (Å²) in [5, 5.41) is 26.0. The second-order valence-corrected chi connectivity index (χ2v) is 7.24. The highest BCUT2D eigenvalue weighted by atomic mass is 79.9. The van der Waals surface area contributed by atoms with Gasteiger partial charge >= 0.3 is 5.69 Å². The van der Waals surface area contributed by atoms with Crippen LogP contribution in [-0.2, 0) is 0 Å². The van der Waals surface area contributed by atoms with Crippen LogP contribution in [0, 0.1) is 21.4 Å². The summed E-state index contributed by atoms with van der Waals surface area (Å²) in [6, 6.07) is 6.04. The Morgan fingerprint density at radius 2 is 2.04 bits per heavy atom. The highest BCUT2D eigenvalue weighted by molar-refractivity contribution is 9.10. The zero-order chi connectivity index (χ0) is 20.3. The Kier molecular flexibility index (Phi) is 5.69. The lowest BCUT2D eigenvalue weighted by Crippen LogP contribution is -2.32. The Labute approximate surface area is 167 Å². The van der Waals surface area contributed by atoms with Crippen molar-refractivity contribution in [3.8, 4) is 6.07 Å². The van der Waals surface area contributed by atoms with Crippen LogP contribution in [0.15, 0.2) is 28.9 Å². The molecule has 2 heterocycles. The number of rotatable bonds is 5. The first kappa shape index (κ1) is 19.9. The Hall–Kier alpha value is -2.87. The molecule has 1 saturated carbocycles. The number of nitrogens with zero attached hydrogens (tertiary/aromatic N) is 4. The number of hydrogen-bond donors (Lipinski definition) is 2. The SMILES string of the molecule is N#Cc1ccc(Nc2nc(NC3CCC(F)(F)CC3)c(Br)cc2[N+](=O)[O-])nc1. The summed E-state index contributed by atoms with van der Waals surface area (Å²) in [6.45, 7) is 0. The number of anilines is 3. The molecule has 8 nitrogen and oxygen atoms in total. The largest absolute Gasteiger partial charge is 0.366 e. The molecule has 3 rings (SSSR count). The predicted molar refractivity (Wildman–Crippen MR) is 102 cm³/mol. The van der Waals surface area contributed by atoms with Crippen molar-refractivity contribution in [2.45, 2.75) is 37.6 Å². The van der Waals surface area contributed by atoms with Gasteiger partial charge in [0.15, 0.2) is 0 Å². The summed E-state index contributed by atoms with van der Waals surface area (Å²) in [7, 11) is 0. The molecule has 1 aliphatic rings. The molecular weight excluding hydrogens is 438 g/mol. The van der Waals surface area contributed by atoms with E-state index in [1.807, 2.05) is 6.07 Å². The van der Waals surface area contributed by atoms with Crippen molar-refractivity contribution in [1.29, 1.82) is 5.26 Å². The lowest BCUT2D eigenvalue weighted by molar-refractivity contribution is -0.384. The third-order valence-corrected chi connectivity index (χ3v) is 4.95. The molecule has 11 heteroatoms. The first-order chi connectivity index (χ1) is 13.3. The lowest BCUT2D eigenvalue weighted by Gasteiger charge is -2.29. The Morgan fingerprint density at radius 1 is 1.32 bits per heavy atom. The van der Waals surface area contributed by atoms with Crippen LogP contribution in [0.2, 0.25) is 0 Å². The van der Waals surface area contributed by atoms with Crippen LogP contribution >= 0.6 is 15.9 Å². The van der Waals surface area contributed by atoms with Gasteiger partial charge in [-0.1, -0.05) is 0 Å². The van der Waals surface area contributed by atoms with Crippen molar-refractivity contribution in [1.82, 2.24) is 9.97 Å². The molecule has 0 radical (unpaired) electrons. The van der Waals surface area contributed by atoms with Gasteiger partial charge in [-0.2, -0.15) is 5.26 Å². The van der Waals surface area contributed by atoms with Gasteiger partial charge in [-0.15, -0.1) is 0 Å². The van der Waals surface area contributed by atoms with E-state index in [-0.39, 0.29) is 49.0 Å². The maximum Gasteiger partial charge on any atom is 0.313 e. The minimum Gasteiger partial charge on any atom is -0.366 e. The van der Waals surface area contributed by atoms with Crippen LogP contribution < -0.4 is 10.6 Å². The Bertz CT molecular complexity index is 922. The van der Waals surface area contributed by atoms with Crippen LogP contribution in [0.3, 0.4) is 0 Å². The standard InChI is InChI=1S/C17H15BrF2N6O2/c18-12-7-13(26(27)28)16(24-14-2-1-10(8-21)9-22-14)25-15(12)23-11-3-5-17(19,20)6-4-11/h1-2,7,9,11H,3-6H2,(H2,22,23,24,25). The van der Waals surface area contributed by atoms with E-state index in [4.69, 9.17) is 5.26 Å². The maximum atomic E-state index is 13.3. The summed E-state index contributed by atoms with van der Waals surface area (Å²) < 4.78 is 27.0. The first-order valence-electron chi connectivity index (χ1n) is 8.40. The molecule has 1 aliphatic carbocycles. The van der Waals surface area contributed by atoms with Crippen LogP contribution in [-0.4, -0.2) is 26.9 Å². The fourth-order valence-electron chi connectivity index (χ4n) is 2.84.